The first kappa shape index (κ1) is 83.7. The van der Waals surface area contributed by atoms with Crippen molar-refractivity contribution in [3.63, 3.8) is 0 Å². The first-order chi connectivity index (χ1) is 44.8. The quantitative estimate of drug-likeness (QED) is 0.0165. The number of phenols is 1. The molecule has 36 heteroatoms. The lowest BCUT2D eigenvalue weighted by atomic mass is 10.00. The van der Waals surface area contributed by atoms with Gasteiger partial charge in [-0.2, -0.15) is 0 Å². The number of hydrogen-bond donors (Lipinski definition) is 21. The van der Waals surface area contributed by atoms with Crippen LogP contribution in [-0.4, -0.2) is 201 Å². The molecule has 0 fully saturated rings. The summed E-state index contributed by atoms with van der Waals surface area (Å²) in [5.74, 6) is -16.8. The Morgan fingerprint density at radius 3 is 1.06 bits per heavy atom. The minimum atomic E-state index is -1.84. The number of carbonyl (C=O) groups is 14. The molecule has 0 spiro atoms. The molecule has 28 N–H and O–H groups in total. The summed E-state index contributed by atoms with van der Waals surface area (Å²) in [4.78, 5) is 191. The Morgan fingerprint density at radius 2 is 0.716 bits per heavy atom. The van der Waals surface area contributed by atoms with Gasteiger partial charge in [0.1, 0.15) is 60.1 Å². The number of nitrogens with two attached hydrogens (primary N) is 7. The van der Waals surface area contributed by atoms with Crippen molar-refractivity contribution < 1.29 is 92.7 Å². The fourth-order valence-electron chi connectivity index (χ4n) is 9.33. The predicted molar refractivity (Wildman–Crippen MR) is 342 cm³/mol. The van der Waals surface area contributed by atoms with Gasteiger partial charge in [-0.3, -0.25) is 67.3 Å². The molecular weight excluding hydrogens is 1250 g/mol. The van der Waals surface area contributed by atoms with Gasteiger partial charge in [0.25, 0.3) is 0 Å². The number of hydrogen-bond acceptors (Lipinski definition) is 20. The Balaban J connectivity index is 3.77. The van der Waals surface area contributed by atoms with Crippen molar-refractivity contribution in [1.29, 1.82) is 0 Å². The number of carboxylic acid groups (broad SMARTS) is 4. The Hall–Kier alpha value is -9.29. The van der Waals surface area contributed by atoms with Gasteiger partial charge in [0, 0.05) is 38.6 Å². The van der Waals surface area contributed by atoms with Crippen molar-refractivity contribution in [2.75, 3.05) is 26.2 Å². The van der Waals surface area contributed by atoms with Crippen molar-refractivity contribution in [2.45, 2.75) is 209 Å². The minimum absolute atomic E-state index is 0.0179. The molecule has 534 valence electrons. The van der Waals surface area contributed by atoms with E-state index in [-0.39, 0.29) is 88.4 Å². The van der Waals surface area contributed by atoms with Crippen LogP contribution < -0.4 is 88.0 Å². The van der Waals surface area contributed by atoms with E-state index < -0.39 is 207 Å². The van der Waals surface area contributed by atoms with E-state index in [2.05, 4.69) is 52.8 Å². The molecule has 0 aliphatic rings. The number of benzene rings is 1. The number of aliphatic carboxylic acids is 4. The van der Waals surface area contributed by atoms with Crippen LogP contribution in [0.5, 0.6) is 5.75 Å². The highest BCUT2D eigenvalue weighted by atomic mass is 16.4. The number of aliphatic imine (C=N–C) groups is 1. The van der Waals surface area contributed by atoms with Crippen LogP contribution >= 0.6 is 0 Å². The van der Waals surface area contributed by atoms with Crippen molar-refractivity contribution in [1.82, 2.24) is 47.9 Å². The summed E-state index contributed by atoms with van der Waals surface area (Å²) in [6.07, 6.45) is -3.51. The summed E-state index contributed by atoms with van der Waals surface area (Å²) in [6.45, 7) is 3.99. The van der Waals surface area contributed by atoms with Crippen molar-refractivity contribution >= 4 is 88.9 Å². The van der Waals surface area contributed by atoms with Gasteiger partial charge in [0.05, 0.1) is 6.04 Å². The number of unbranched alkanes of at least 4 members (excludes halogenated alkanes) is 3. The van der Waals surface area contributed by atoms with Crippen molar-refractivity contribution in [3.8, 4) is 5.75 Å². The number of nitrogens with one attached hydrogen (secondary N) is 9. The van der Waals surface area contributed by atoms with Gasteiger partial charge in [-0.25, -0.2) is 4.79 Å². The van der Waals surface area contributed by atoms with Gasteiger partial charge in [0.15, 0.2) is 5.96 Å². The van der Waals surface area contributed by atoms with E-state index in [1.807, 2.05) is 0 Å². The zero-order chi connectivity index (χ0) is 71.7. The molecule has 0 unspecified atom stereocenters. The van der Waals surface area contributed by atoms with Gasteiger partial charge in [0.2, 0.25) is 59.1 Å². The number of carbonyl (C=O) groups excluding carboxylic acids is 10. The third-order valence-electron chi connectivity index (χ3n) is 14.5. The molecule has 0 aliphatic heterocycles. The number of guanidine groups is 1. The third kappa shape index (κ3) is 36.1. The summed E-state index contributed by atoms with van der Waals surface area (Å²) in [5, 5.41) is 71.0. The molecular formula is C59H99N17O19. The van der Waals surface area contributed by atoms with Gasteiger partial charge in [-0.1, -0.05) is 26.0 Å². The largest absolute Gasteiger partial charge is 0.508 e. The van der Waals surface area contributed by atoms with Crippen LogP contribution in [0, 0.1) is 5.92 Å². The van der Waals surface area contributed by atoms with Crippen LogP contribution in [-0.2, 0) is 73.5 Å². The van der Waals surface area contributed by atoms with Crippen molar-refractivity contribution in [2.24, 2.45) is 51.0 Å². The number of primary amides is 1. The second-order valence-electron chi connectivity index (χ2n) is 23.1. The molecule has 0 aliphatic carbocycles. The molecule has 10 atom stereocenters. The first-order valence-corrected chi connectivity index (χ1v) is 31.4. The zero-order valence-corrected chi connectivity index (χ0v) is 53.8. The highest BCUT2D eigenvalue weighted by molar-refractivity contribution is 5.99. The van der Waals surface area contributed by atoms with E-state index in [0.717, 1.165) is 0 Å². The molecule has 0 heterocycles. The topological polar surface area (TPSA) is 643 Å². The van der Waals surface area contributed by atoms with Gasteiger partial charge >= 0.3 is 23.9 Å². The highest BCUT2D eigenvalue weighted by Crippen LogP contribution is 2.16. The summed E-state index contributed by atoms with van der Waals surface area (Å²) in [5.41, 5.74) is 39.4. The van der Waals surface area contributed by atoms with Gasteiger partial charge in [-0.15, -0.1) is 0 Å². The van der Waals surface area contributed by atoms with Crippen LogP contribution in [0.4, 0.5) is 0 Å². The number of nitrogens with zero attached hydrogens (tertiary/aromatic N) is 1. The Bertz CT molecular complexity index is 2740. The van der Waals surface area contributed by atoms with Gasteiger partial charge in [-0.05, 0) is 146 Å². The van der Waals surface area contributed by atoms with Crippen LogP contribution in [0.25, 0.3) is 0 Å². The Morgan fingerprint density at radius 1 is 0.400 bits per heavy atom. The number of amides is 10. The summed E-state index contributed by atoms with van der Waals surface area (Å²) >= 11 is 0. The zero-order valence-electron chi connectivity index (χ0n) is 53.8. The molecule has 36 nitrogen and oxygen atoms in total. The van der Waals surface area contributed by atoms with Crippen molar-refractivity contribution in [3.05, 3.63) is 29.8 Å². The molecule has 0 bridgehead atoms. The molecule has 0 radical (unpaired) electrons. The van der Waals surface area contributed by atoms with Gasteiger partial charge < -0.3 is 114 Å². The van der Waals surface area contributed by atoms with Crippen LogP contribution in [0.2, 0.25) is 0 Å². The smallest absolute Gasteiger partial charge is 0.326 e. The maximum Gasteiger partial charge on any atom is 0.326 e. The lowest BCUT2D eigenvalue weighted by Gasteiger charge is -2.29. The fourth-order valence-corrected chi connectivity index (χ4v) is 9.33. The molecule has 1 rings (SSSR count). The predicted octanol–water partition coefficient (Wildman–Crippen LogP) is -4.94. The van der Waals surface area contributed by atoms with E-state index in [1.165, 1.54) is 24.3 Å². The highest BCUT2D eigenvalue weighted by Gasteiger charge is 2.37. The maximum absolute atomic E-state index is 14.6. The lowest BCUT2D eigenvalue weighted by molar-refractivity contribution is -0.143. The van der Waals surface area contributed by atoms with E-state index in [1.54, 1.807) is 13.8 Å². The number of rotatable bonds is 51. The average Bonchev–Trinajstić information content (AvgIpc) is 0.919. The SMILES string of the molecule is CC(C)C[C@H](NC(=O)[C@H](CCC(=O)O)NC(=O)[C@H](Cc1ccc(O)cc1)NC(=O)[C@H](CCC(=O)O)NC(=O)[C@H](CCCCN)NC(=O)[C@@H](N)CCCN=C(N)N)C(=O)N[C@@H](CCC(=O)O)C(=O)N[C@@H](CCCCN)C(=O)N[C@@H](CCC(N)=O)C(=O)N[C@@H](CCCCN)C(=O)O. The molecule has 10 amide bonds. The second-order valence-corrected chi connectivity index (χ2v) is 23.1. The number of aromatic hydroxyl groups is 1. The van der Waals surface area contributed by atoms with E-state index in [0.29, 0.717) is 32.1 Å². The molecule has 0 saturated carbocycles. The second kappa shape index (κ2) is 45.9. The van der Waals surface area contributed by atoms with Crippen LogP contribution in [0.3, 0.4) is 0 Å². The average molecular weight is 1350 g/mol. The summed E-state index contributed by atoms with van der Waals surface area (Å²) < 4.78 is 0. The van der Waals surface area contributed by atoms with Crippen LogP contribution in [0.1, 0.15) is 148 Å². The Labute approximate surface area is 549 Å². The number of phenolic OH excluding ortho intramolecular Hbond substituents is 1. The first-order valence-electron chi connectivity index (χ1n) is 31.4. The lowest BCUT2D eigenvalue weighted by Crippen LogP contribution is -2.61. The monoisotopic (exact) mass is 1350 g/mol. The summed E-state index contributed by atoms with van der Waals surface area (Å²) in [7, 11) is 0. The standard InChI is InChI=1S/C59H99N17O19/c1-32(2)30-43(56(92)72-39(19-23-46(79)80)52(88)69-37(12-4-7-27-61)51(87)70-38(18-22-45(64)78)53(89)74-42(58(94)95)13-5-8-28-62)75-54(90)41(21-25-48(83)84)73-57(93)44(31-33-14-16-34(77)17-15-33)76-55(91)40(20-24-47(81)82)71-50(86)36(11-3-6-26-60)68-49(85)35(63)10-9-29-67-59(65)66/h14-17,32,35-44,77H,3-13,18-31,60-63H2,1-2H3,(H2,64,78)(H,68,85)(H,69,88)(H,70,87)(H,71,86)(H,72,92)(H,73,93)(H,74,89)(H,75,90)(H,76,91)(H,79,80)(H,81,82)(H,83,84)(H,94,95)(H4,65,66,67)/t35-,36-,37-,38-,39-,40-,41-,42-,43-,44-/m0/s1. The Kier molecular flexibility index (Phi) is 40.5. The fraction of sp³-hybridized carbons (Fsp3) is 0.644. The third-order valence-corrected chi connectivity index (χ3v) is 14.5. The minimum Gasteiger partial charge on any atom is -0.508 e. The molecule has 1 aromatic carbocycles. The molecule has 0 aromatic heterocycles. The number of carboxylic acids is 4. The maximum atomic E-state index is 14.6. The van der Waals surface area contributed by atoms with E-state index in [9.17, 15) is 92.7 Å². The van der Waals surface area contributed by atoms with E-state index >= 15 is 0 Å². The van der Waals surface area contributed by atoms with Crippen LogP contribution in [0.15, 0.2) is 29.3 Å². The van der Waals surface area contributed by atoms with E-state index in [4.69, 9.17) is 40.1 Å². The molecule has 1 aromatic rings. The summed E-state index contributed by atoms with van der Waals surface area (Å²) in [6, 6.07) is -10.5. The molecule has 95 heavy (non-hydrogen) atoms. The normalized spacial score (nSPS) is 14.2. The molecule has 0 saturated heterocycles.